The van der Waals surface area contributed by atoms with Gasteiger partial charge in [0.25, 0.3) is 0 Å². The Labute approximate surface area is 190 Å². The van der Waals surface area contributed by atoms with Gasteiger partial charge in [0.05, 0.1) is 13.2 Å². The van der Waals surface area contributed by atoms with Crippen LogP contribution in [0, 0.1) is 6.92 Å². The average Bonchev–Trinajstić information content (AvgIpc) is 3.33. The van der Waals surface area contributed by atoms with Crippen molar-refractivity contribution in [1.29, 1.82) is 0 Å². The number of amides is 1. The smallest absolute Gasteiger partial charge is 0.227 e. The molecule has 0 saturated carbocycles. The molecule has 0 spiro atoms. The Hall–Kier alpha value is -3.13. The first kappa shape index (κ1) is 23.5. The second-order valence-electron chi connectivity index (χ2n) is 7.88. The zero-order valence-electron chi connectivity index (χ0n) is 19.2. The molecule has 1 atom stereocenters. The predicted octanol–water partition coefficient (Wildman–Crippen LogP) is 2.73. The van der Waals surface area contributed by atoms with Crippen LogP contribution >= 0.6 is 0 Å². The standard InChI is InChI=1S/C24H34N6O2/c1-18-8-6-11-22(28-18)29-23(31)12-13-26-24(25-2)27-17-21(30-14-4-5-15-30)19-9-7-10-20(16-19)32-3/h6-11,16,21H,4-5,12-15,17H2,1-3H3,(H2,25,26,27)(H,28,29,31). The quantitative estimate of drug-likeness (QED) is 0.412. The van der Waals surface area contributed by atoms with Crippen LogP contribution in [0.15, 0.2) is 47.5 Å². The third-order valence-electron chi connectivity index (χ3n) is 5.55. The van der Waals surface area contributed by atoms with Gasteiger partial charge in [-0.2, -0.15) is 0 Å². The summed E-state index contributed by atoms with van der Waals surface area (Å²) in [5.41, 5.74) is 2.09. The number of nitrogens with one attached hydrogen (secondary N) is 3. The fourth-order valence-corrected chi connectivity index (χ4v) is 3.89. The summed E-state index contributed by atoms with van der Waals surface area (Å²) in [5.74, 6) is 2.03. The van der Waals surface area contributed by atoms with Crippen molar-refractivity contribution >= 4 is 17.7 Å². The fourth-order valence-electron chi connectivity index (χ4n) is 3.89. The molecule has 2 aromatic rings. The van der Waals surface area contributed by atoms with Crippen molar-refractivity contribution in [3.05, 3.63) is 53.7 Å². The number of ether oxygens (including phenoxy) is 1. The number of guanidine groups is 1. The summed E-state index contributed by atoms with van der Waals surface area (Å²) in [7, 11) is 3.43. The Morgan fingerprint density at radius 2 is 1.97 bits per heavy atom. The molecular formula is C24H34N6O2. The largest absolute Gasteiger partial charge is 0.497 e. The van der Waals surface area contributed by atoms with Gasteiger partial charge >= 0.3 is 0 Å². The van der Waals surface area contributed by atoms with E-state index in [1.165, 1.54) is 18.4 Å². The summed E-state index contributed by atoms with van der Waals surface area (Å²) < 4.78 is 5.42. The summed E-state index contributed by atoms with van der Waals surface area (Å²) in [6.45, 7) is 5.26. The predicted molar refractivity (Wildman–Crippen MR) is 128 cm³/mol. The molecule has 2 heterocycles. The number of benzene rings is 1. The highest BCUT2D eigenvalue weighted by Gasteiger charge is 2.24. The highest BCUT2D eigenvalue weighted by atomic mass is 16.5. The number of aryl methyl sites for hydroxylation is 1. The van der Waals surface area contributed by atoms with Crippen molar-refractivity contribution in [3.63, 3.8) is 0 Å². The molecule has 1 aromatic carbocycles. The van der Waals surface area contributed by atoms with Gasteiger partial charge in [0.1, 0.15) is 11.6 Å². The number of carbonyl (C=O) groups is 1. The normalized spacial score (nSPS) is 15.3. The molecule has 8 heteroatoms. The van der Waals surface area contributed by atoms with Crippen molar-refractivity contribution in [2.24, 2.45) is 4.99 Å². The number of nitrogens with zero attached hydrogens (tertiary/aromatic N) is 3. The number of rotatable bonds is 9. The zero-order valence-corrected chi connectivity index (χ0v) is 19.2. The van der Waals surface area contributed by atoms with Crippen LogP contribution in [0.4, 0.5) is 5.82 Å². The van der Waals surface area contributed by atoms with Crippen LogP contribution in [0.3, 0.4) is 0 Å². The van der Waals surface area contributed by atoms with Crippen molar-refractivity contribution in [3.8, 4) is 5.75 Å². The monoisotopic (exact) mass is 438 g/mol. The van der Waals surface area contributed by atoms with Crippen molar-refractivity contribution in [2.45, 2.75) is 32.2 Å². The van der Waals surface area contributed by atoms with E-state index in [9.17, 15) is 4.79 Å². The van der Waals surface area contributed by atoms with Gasteiger partial charge in [0, 0.05) is 32.3 Å². The van der Waals surface area contributed by atoms with Gasteiger partial charge < -0.3 is 20.7 Å². The van der Waals surface area contributed by atoms with Gasteiger partial charge in [-0.15, -0.1) is 0 Å². The highest BCUT2D eigenvalue weighted by molar-refractivity contribution is 5.90. The highest BCUT2D eigenvalue weighted by Crippen LogP contribution is 2.27. The Morgan fingerprint density at radius 3 is 2.69 bits per heavy atom. The van der Waals surface area contributed by atoms with Gasteiger partial charge in [0.15, 0.2) is 5.96 Å². The summed E-state index contributed by atoms with van der Waals surface area (Å²) in [4.78, 5) is 23.3. The van der Waals surface area contributed by atoms with E-state index in [2.05, 4.69) is 43.0 Å². The maximum absolute atomic E-state index is 12.2. The lowest BCUT2D eigenvalue weighted by Crippen LogP contribution is -2.43. The molecule has 3 rings (SSSR count). The van der Waals surface area contributed by atoms with Crippen LogP contribution in [0.2, 0.25) is 0 Å². The SMILES string of the molecule is CN=C(NCCC(=O)Nc1cccc(C)n1)NCC(c1cccc(OC)c1)N1CCCC1. The summed E-state index contributed by atoms with van der Waals surface area (Å²) >= 11 is 0. The summed E-state index contributed by atoms with van der Waals surface area (Å²) in [6, 6.07) is 14.0. The van der Waals surface area contributed by atoms with E-state index in [1.54, 1.807) is 20.2 Å². The number of anilines is 1. The molecule has 1 amide bonds. The lowest BCUT2D eigenvalue weighted by molar-refractivity contribution is -0.116. The van der Waals surface area contributed by atoms with Gasteiger partial charge in [-0.3, -0.25) is 14.7 Å². The number of methoxy groups -OCH3 is 1. The van der Waals surface area contributed by atoms with Crippen LogP contribution in [0.1, 0.15) is 36.6 Å². The Kier molecular flexibility index (Phi) is 8.86. The van der Waals surface area contributed by atoms with Crippen molar-refractivity contribution < 1.29 is 9.53 Å². The molecule has 1 fully saturated rings. The van der Waals surface area contributed by atoms with Crippen LogP contribution in [0.25, 0.3) is 0 Å². The maximum Gasteiger partial charge on any atom is 0.227 e. The minimum atomic E-state index is -0.0858. The minimum absolute atomic E-state index is 0.0858. The maximum atomic E-state index is 12.2. The number of pyridine rings is 1. The average molecular weight is 439 g/mol. The Bertz CT molecular complexity index is 911. The van der Waals surface area contributed by atoms with Gasteiger partial charge in [0.2, 0.25) is 5.91 Å². The van der Waals surface area contributed by atoms with E-state index < -0.39 is 0 Å². The number of aromatic nitrogens is 1. The second kappa shape index (κ2) is 12.0. The Balaban J connectivity index is 1.51. The third-order valence-corrected chi connectivity index (χ3v) is 5.55. The number of carbonyl (C=O) groups excluding carboxylic acids is 1. The number of hydrogen-bond donors (Lipinski definition) is 3. The van der Waals surface area contributed by atoms with Crippen LogP contribution in [-0.2, 0) is 4.79 Å². The van der Waals surface area contributed by atoms with E-state index in [0.717, 1.165) is 24.5 Å². The molecule has 1 saturated heterocycles. The molecule has 8 nitrogen and oxygen atoms in total. The van der Waals surface area contributed by atoms with Crippen molar-refractivity contribution in [2.75, 3.05) is 45.7 Å². The molecule has 0 radical (unpaired) electrons. The molecule has 1 aliphatic heterocycles. The molecule has 0 bridgehead atoms. The first-order chi connectivity index (χ1) is 15.6. The first-order valence-electron chi connectivity index (χ1n) is 11.1. The zero-order chi connectivity index (χ0) is 22.8. The number of aliphatic imine (C=N–C) groups is 1. The van der Waals surface area contributed by atoms with E-state index >= 15 is 0 Å². The van der Waals surface area contributed by atoms with E-state index in [4.69, 9.17) is 4.74 Å². The third kappa shape index (κ3) is 6.95. The van der Waals surface area contributed by atoms with Crippen LogP contribution in [0.5, 0.6) is 5.75 Å². The Morgan fingerprint density at radius 1 is 1.19 bits per heavy atom. The summed E-state index contributed by atoms with van der Waals surface area (Å²) in [5, 5.41) is 9.48. The van der Waals surface area contributed by atoms with E-state index in [-0.39, 0.29) is 11.9 Å². The first-order valence-corrected chi connectivity index (χ1v) is 11.1. The topological polar surface area (TPSA) is 90.9 Å². The fraction of sp³-hybridized carbons (Fsp3) is 0.458. The van der Waals surface area contributed by atoms with Crippen molar-refractivity contribution in [1.82, 2.24) is 20.5 Å². The number of likely N-dealkylation sites (tertiary alicyclic amines) is 1. The second-order valence-corrected chi connectivity index (χ2v) is 7.88. The molecule has 1 aliphatic rings. The van der Waals surface area contributed by atoms with E-state index in [0.29, 0.717) is 31.3 Å². The van der Waals surface area contributed by atoms with Gasteiger partial charge in [-0.05, 0) is 62.7 Å². The molecule has 172 valence electrons. The molecule has 3 N–H and O–H groups in total. The molecule has 0 aliphatic carbocycles. The lowest BCUT2D eigenvalue weighted by atomic mass is 10.1. The number of hydrogen-bond acceptors (Lipinski definition) is 5. The summed E-state index contributed by atoms with van der Waals surface area (Å²) in [6.07, 6.45) is 2.76. The minimum Gasteiger partial charge on any atom is -0.497 e. The van der Waals surface area contributed by atoms with Crippen LogP contribution < -0.4 is 20.7 Å². The van der Waals surface area contributed by atoms with E-state index in [1.807, 2.05) is 31.2 Å². The van der Waals surface area contributed by atoms with Gasteiger partial charge in [-0.25, -0.2) is 4.98 Å². The molecule has 1 aromatic heterocycles. The molecule has 1 unspecified atom stereocenters. The molecule has 32 heavy (non-hydrogen) atoms. The van der Waals surface area contributed by atoms with Gasteiger partial charge in [-0.1, -0.05) is 18.2 Å². The molecular weight excluding hydrogens is 404 g/mol. The lowest BCUT2D eigenvalue weighted by Gasteiger charge is -2.29. The van der Waals surface area contributed by atoms with Crippen LogP contribution in [-0.4, -0.2) is 62.1 Å².